The first kappa shape index (κ1) is 22.7. The lowest BCUT2D eigenvalue weighted by molar-refractivity contribution is -0.235. The monoisotopic (exact) mass is 440 g/mol. The molecule has 0 saturated carbocycles. The van der Waals surface area contributed by atoms with Gasteiger partial charge in [0.15, 0.2) is 0 Å². The highest BCUT2D eigenvalue weighted by molar-refractivity contribution is 7.32. The molecule has 1 aliphatic rings. The van der Waals surface area contributed by atoms with Crippen LogP contribution in [0, 0.1) is 5.92 Å². The van der Waals surface area contributed by atoms with E-state index in [-0.39, 0.29) is 19.1 Å². The molecule has 2 N–H and O–H groups in total. The zero-order chi connectivity index (χ0) is 21.6. The molecule has 1 aromatic heterocycles. The number of aromatic nitrogens is 2. The van der Waals surface area contributed by atoms with Crippen LogP contribution in [0.25, 0.3) is 10.9 Å². The number of anilines is 1. The van der Waals surface area contributed by atoms with Gasteiger partial charge in [0.2, 0.25) is 0 Å². The number of rotatable bonds is 10. The van der Waals surface area contributed by atoms with Crippen LogP contribution in [-0.2, 0) is 18.6 Å². The SMILES string of the molecule is COCC(CO)(OCC1CCN(c2ncnc3c(OC)cccc23)CC1)O[P+](=O)O. The molecule has 1 aromatic carbocycles. The van der Waals surface area contributed by atoms with Gasteiger partial charge >= 0.3 is 8.25 Å². The smallest absolute Gasteiger partial charge is 0.494 e. The Labute approximate surface area is 175 Å². The lowest BCUT2D eigenvalue weighted by atomic mass is 9.97. The fourth-order valence-electron chi connectivity index (χ4n) is 3.62. The van der Waals surface area contributed by atoms with E-state index in [0.29, 0.717) is 5.75 Å². The molecular weight excluding hydrogens is 413 g/mol. The second kappa shape index (κ2) is 10.4. The van der Waals surface area contributed by atoms with Gasteiger partial charge in [-0.25, -0.2) is 9.97 Å². The molecule has 11 heteroatoms. The Morgan fingerprint density at radius 3 is 2.67 bits per heavy atom. The minimum atomic E-state index is -2.94. The number of nitrogens with zero attached hydrogens (tertiary/aromatic N) is 3. The van der Waals surface area contributed by atoms with Crippen LogP contribution in [0.4, 0.5) is 5.82 Å². The summed E-state index contributed by atoms with van der Waals surface area (Å²) in [6, 6.07) is 5.78. The Balaban J connectivity index is 1.64. The van der Waals surface area contributed by atoms with Gasteiger partial charge in [-0.1, -0.05) is 10.6 Å². The van der Waals surface area contributed by atoms with Crippen molar-refractivity contribution < 1.29 is 33.3 Å². The molecule has 2 unspecified atom stereocenters. The minimum Gasteiger partial charge on any atom is -0.494 e. The third-order valence-corrected chi connectivity index (χ3v) is 5.66. The summed E-state index contributed by atoms with van der Waals surface area (Å²) in [5.41, 5.74) is 0.776. The van der Waals surface area contributed by atoms with E-state index >= 15 is 0 Å². The number of benzene rings is 1. The number of hydrogen-bond donors (Lipinski definition) is 2. The predicted octanol–water partition coefficient (Wildman–Crippen LogP) is 1.87. The van der Waals surface area contributed by atoms with Crippen molar-refractivity contribution in [3.05, 3.63) is 24.5 Å². The number of fused-ring (bicyclic) bond motifs is 1. The summed E-state index contributed by atoms with van der Waals surface area (Å²) in [7, 11) is 0.0824. The number of methoxy groups -OCH3 is 2. The minimum absolute atomic E-state index is 0.154. The molecule has 0 bridgehead atoms. The van der Waals surface area contributed by atoms with Crippen LogP contribution in [-0.4, -0.2) is 72.9 Å². The fourth-order valence-corrected chi connectivity index (χ4v) is 4.07. The van der Waals surface area contributed by atoms with Crippen molar-refractivity contribution >= 4 is 25.0 Å². The van der Waals surface area contributed by atoms with E-state index < -0.39 is 20.6 Å². The highest BCUT2D eigenvalue weighted by Gasteiger charge is 2.42. The molecule has 1 aliphatic heterocycles. The number of para-hydroxylation sites is 1. The third kappa shape index (κ3) is 5.21. The summed E-state index contributed by atoms with van der Waals surface area (Å²) >= 11 is 0. The van der Waals surface area contributed by atoms with Crippen molar-refractivity contribution in [1.82, 2.24) is 9.97 Å². The molecule has 10 nitrogen and oxygen atoms in total. The summed E-state index contributed by atoms with van der Waals surface area (Å²) < 4.78 is 32.1. The highest BCUT2D eigenvalue weighted by Crippen LogP contribution is 2.33. The second-order valence-electron chi connectivity index (χ2n) is 7.13. The van der Waals surface area contributed by atoms with Gasteiger partial charge < -0.3 is 24.2 Å². The van der Waals surface area contributed by atoms with E-state index in [2.05, 4.69) is 14.9 Å². The maximum Gasteiger partial charge on any atom is 0.697 e. The molecule has 2 aromatic rings. The molecule has 1 fully saturated rings. The van der Waals surface area contributed by atoms with Crippen LogP contribution in [0.3, 0.4) is 0 Å². The van der Waals surface area contributed by atoms with E-state index in [1.165, 1.54) is 7.11 Å². The molecule has 30 heavy (non-hydrogen) atoms. The van der Waals surface area contributed by atoms with Crippen molar-refractivity contribution in [1.29, 1.82) is 0 Å². The van der Waals surface area contributed by atoms with E-state index in [1.54, 1.807) is 13.4 Å². The predicted molar refractivity (Wildman–Crippen MR) is 110 cm³/mol. The van der Waals surface area contributed by atoms with Gasteiger partial charge in [-0.3, -0.25) is 0 Å². The molecule has 2 heterocycles. The molecule has 1 saturated heterocycles. The van der Waals surface area contributed by atoms with Crippen molar-refractivity contribution in [3.63, 3.8) is 0 Å². The van der Waals surface area contributed by atoms with Gasteiger partial charge in [0, 0.05) is 30.2 Å². The first-order valence-electron chi connectivity index (χ1n) is 9.63. The summed E-state index contributed by atoms with van der Waals surface area (Å²) in [6.45, 7) is 1.07. The summed E-state index contributed by atoms with van der Waals surface area (Å²) in [5.74, 6) is 0.128. The topological polar surface area (TPSA) is 123 Å². The molecule has 0 spiro atoms. The van der Waals surface area contributed by atoms with Crippen LogP contribution in [0.2, 0.25) is 0 Å². The third-order valence-electron chi connectivity index (χ3n) is 5.17. The van der Waals surface area contributed by atoms with E-state index in [4.69, 9.17) is 23.6 Å². The van der Waals surface area contributed by atoms with E-state index in [9.17, 15) is 9.67 Å². The first-order valence-corrected chi connectivity index (χ1v) is 10.8. The number of aliphatic hydroxyl groups is 1. The van der Waals surface area contributed by atoms with Gasteiger partial charge in [0.05, 0.1) is 13.7 Å². The normalized spacial score (nSPS) is 17.7. The van der Waals surface area contributed by atoms with Crippen molar-refractivity contribution in [2.24, 2.45) is 5.92 Å². The molecule has 3 rings (SSSR count). The Morgan fingerprint density at radius 1 is 1.27 bits per heavy atom. The summed E-state index contributed by atoms with van der Waals surface area (Å²) in [5, 5.41) is 10.6. The Bertz CT molecular complexity index is 863. The van der Waals surface area contributed by atoms with Crippen molar-refractivity contribution in [2.75, 3.05) is 52.0 Å². The van der Waals surface area contributed by atoms with Crippen LogP contribution < -0.4 is 9.64 Å². The molecular formula is C19H27N3O7P+. The van der Waals surface area contributed by atoms with Gasteiger partial charge in [0.1, 0.15) is 36.6 Å². The highest BCUT2D eigenvalue weighted by atomic mass is 31.1. The standard InChI is InChI=1S/C19H26N3O7P/c1-26-12-19(11-23,29-30(24)25)28-10-14-6-8-22(9-7-14)18-15-4-3-5-16(27-2)17(15)20-13-21-18/h3-5,13-14,23H,6-12H2,1-2H3/p+1. The average Bonchev–Trinajstić information content (AvgIpc) is 2.77. The maximum absolute atomic E-state index is 11.1. The zero-order valence-corrected chi connectivity index (χ0v) is 18.0. The molecule has 0 aliphatic carbocycles. The van der Waals surface area contributed by atoms with E-state index in [1.807, 2.05) is 18.2 Å². The van der Waals surface area contributed by atoms with E-state index in [0.717, 1.165) is 42.7 Å². The average molecular weight is 440 g/mol. The number of ether oxygens (including phenoxy) is 3. The lowest BCUT2D eigenvalue weighted by Crippen LogP contribution is -2.45. The Morgan fingerprint density at radius 2 is 2.03 bits per heavy atom. The Hall–Kier alpha value is -1.94. The van der Waals surface area contributed by atoms with Crippen LogP contribution in [0.5, 0.6) is 5.75 Å². The first-order chi connectivity index (χ1) is 14.5. The van der Waals surface area contributed by atoms with Crippen LogP contribution in [0.1, 0.15) is 12.8 Å². The largest absolute Gasteiger partial charge is 0.697 e. The molecule has 0 amide bonds. The van der Waals surface area contributed by atoms with Crippen molar-refractivity contribution in [2.45, 2.75) is 18.6 Å². The molecule has 2 atom stereocenters. The molecule has 0 radical (unpaired) electrons. The second-order valence-corrected chi connectivity index (χ2v) is 7.78. The summed E-state index contributed by atoms with van der Waals surface area (Å²) in [6.07, 6.45) is 3.20. The fraction of sp³-hybridized carbons (Fsp3) is 0.579. The number of hydrogen-bond acceptors (Lipinski definition) is 9. The zero-order valence-electron chi connectivity index (χ0n) is 17.1. The van der Waals surface area contributed by atoms with Gasteiger partial charge in [-0.05, 0) is 30.9 Å². The number of aliphatic hydroxyl groups excluding tert-OH is 1. The van der Waals surface area contributed by atoms with Crippen molar-refractivity contribution in [3.8, 4) is 5.75 Å². The Kier molecular flexibility index (Phi) is 7.87. The van der Waals surface area contributed by atoms with Gasteiger partial charge in [-0.2, -0.15) is 0 Å². The lowest BCUT2D eigenvalue weighted by Gasteiger charge is -2.34. The van der Waals surface area contributed by atoms with Gasteiger partial charge in [-0.15, -0.1) is 4.89 Å². The van der Waals surface area contributed by atoms with Crippen LogP contribution >= 0.6 is 8.25 Å². The number of piperidine rings is 1. The summed E-state index contributed by atoms with van der Waals surface area (Å²) in [4.78, 5) is 20.1. The molecule has 164 valence electrons. The maximum atomic E-state index is 11.1. The van der Waals surface area contributed by atoms with Crippen LogP contribution in [0.15, 0.2) is 24.5 Å². The van der Waals surface area contributed by atoms with Gasteiger partial charge in [0.25, 0.3) is 5.79 Å². The quantitative estimate of drug-likeness (QED) is 0.418.